The SMILES string of the molecule is CC[C@@H]1CCC[C@@H](c2ccccc2)N(C(=O)C(=O)Nc2cncc(C(N)=O)c2)C1. The summed E-state index contributed by atoms with van der Waals surface area (Å²) in [6.45, 7) is 2.65. The number of likely N-dealkylation sites (tertiary alicyclic amines) is 1. The van der Waals surface area contributed by atoms with Gasteiger partial charge in [-0.3, -0.25) is 19.4 Å². The van der Waals surface area contributed by atoms with Crippen LogP contribution in [0.15, 0.2) is 48.8 Å². The molecule has 0 saturated carbocycles. The van der Waals surface area contributed by atoms with E-state index in [-0.39, 0.29) is 17.3 Å². The molecule has 1 saturated heterocycles. The van der Waals surface area contributed by atoms with Gasteiger partial charge in [-0.05, 0) is 30.4 Å². The van der Waals surface area contributed by atoms with Crippen LogP contribution in [0.25, 0.3) is 0 Å². The molecule has 1 fully saturated rings. The van der Waals surface area contributed by atoms with Crippen LogP contribution >= 0.6 is 0 Å². The number of pyridine rings is 1. The zero-order valence-corrected chi connectivity index (χ0v) is 16.5. The molecule has 3 N–H and O–H groups in total. The molecule has 0 spiro atoms. The van der Waals surface area contributed by atoms with Crippen LogP contribution in [0.4, 0.5) is 5.69 Å². The van der Waals surface area contributed by atoms with Crippen molar-refractivity contribution in [3.63, 3.8) is 0 Å². The second-order valence-corrected chi connectivity index (χ2v) is 7.37. The number of carbonyl (C=O) groups excluding carboxylic acids is 3. The van der Waals surface area contributed by atoms with Gasteiger partial charge >= 0.3 is 11.8 Å². The molecule has 1 aliphatic heterocycles. The third kappa shape index (κ3) is 4.99. The lowest BCUT2D eigenvalue weighted by atomic mass is 9.99. The summed E-state index contributed by atoms with van der Waals surface area (Å²) >= 11 is 0. The van der Waals surface area contributed by atoms with Crippen molar-refractivity contribution in [2.24, 2.45) is 11.7 Å². The number of carbonyl (C=O) groups is 3. The molecule has 0 radical (unpaired) electrons. The Morgan fingerprint density at radius 3 is 2.62 bits per heavy atom. The van der Waals surface area contributed by atoms with Gasteiger partial charge in [-0.15, -0.1) is 0 Å². The average Bonchev–Trinajstić information content (AvgIpc) is 2.96. The lowest BCUT2D eigenvalue weighted by Gasteiger charge is -2.31. The van der Waals surface area contributed by atoms with Crippen LogP contribution in [0.2, 0.25) is 0 Å². The van der Waals surface area contributed by atoms with Gasteiger partial charge in [0.1, 0.15) is 0 Å². The third-order valence-corrected chi connectivity index (χ3v) is 5.42. The first kappa shape index (κ1) is 20.5. The maximum Gasteiger partial charge on any atom is 0.313 e. The number of aromatic nitrogens is 1. The summed E-state index contributed by atoms with van der Waals surface area (Å²) < 4.78 is 0. The van der Waals surface area contributed by atoms with Gasteiger partial charge in [0, 0.05) is 12.7 Å². The van der Waals surface area contributed by atoms with Crippen LogP contribution in [-0.4, -0.2) is 34.2 Å². The van der Waals surface area contributed by atoms with E-state index in [1.165, 1.54) is 18.5 Å². The zero-order chi connectivity index (χ0) is 20.8. The Balaban J connectivity index is 1.83. The van der Waals surface area contributed by atoms with Crippen molar-refractivity contribution in [2.75, 3.05) is 11.9 Å². The van der Waals surface area contributed by atoms with Crippen molar-refractivity contribution >= 4 is 23.4 Å². The van der Waals surface area contributed by atoms with E-state index in [1.54, 1.807) is 4.90 Å². The van der Waals surface area contributed by atoms with Crippen molar-refractivity contribution in [3.8, 4) is 0 Å². The maximum atomic E-state index is 13.1. The summed E-state index contributed by atoms with van der Waals surface area (Å²) in [5.74, 6) is -1.61. The first-order valence-corrected chi connectivity index (χ1v) is 9.91. The fourth-order valence-electron chi connectivity index (χ4n) is 3.79. The molecule has 152 valence electrons. The molecule has 1 aromatic carbocycles. The van der Waals surface area contributed by atoms with E-state index in [9.17, 15) is 14.4 Å². The van der Waals surface area contributed by atoms with Gasteiger partial charge in [-0.1, -0.05) is 50.1 Å². The highest BCUT2D eigenvalue weighted by Crippen LogP contribution is 2.33. The van der Waals surface area contributed by atoms with Crippen LogP contribution < -0.4 is 11.1 Å². The quantitative estimate of drug-likeness (QED) is 0.778. The van der Waals surface area contributed by atoms with Crippen LogP contribution in [0.3, 0.4) is 0 Å². The van der Waals surface area contributed by atoms with Gasteiger partial charge in [0.05, 0.1) is 23.5 Å². The third-order valence-electron chi connectivity index (χ3n) is 5.42. The summed E-state index contributed by atoms with van der Waals surface area (Å²) in [5, 5.41) is 2.56. The van der Waals surface area contributed by atoms with Gasteiger partial charge in [-0.25, -0.2) is 0 Å². The molecule has 2 atom stereocenters. The Morgan fingerprint density at radius 1 is 1.17 bits per heavy atom. The van der Waals surface area contributed by atoms with Crippen LogP contribution in [0, 0.1) is 5.92 Å². The van der Waals surface area contributed by atoms with Gasteiger partial charge in [0.25, 0.3) is 0 Å². The Kier molecular flexibility index (Phi) is 6.59. The fraction of sp³-hybridized carbons (Fsp3) is 0.364. The standard InChI is InChI=1S/C22H26N4O3/c1-2-15-7-6-10-19(16-8-4-3-5-9-16)26(14-15)22(29)21(28)25-18-11-17(20(23)27)12-24-13-18/h3-5,8-9,11-13,15,19H,2,6-7,10,14H2,1H3,(H2,23,27)(H,25,28)/t15-,19+/m1/s1. The summed E-state index contributed by atoms with van der Waals surface area (Å²) in [7, 11) is 0. The van der Waals surface area contributed by atoms with Gasteiger partial charge in [-0.2, -0.15) is 0 Å². The van der Waals surface area contributed by atoms with Crippen molar-refractivity contribution in [1.29, 1.82) is 0 Å². The van der Waals surface area contributed by atoms with Crippen molar-refractivity contribution in [2.45, 2.75) is 38.6 Å². The molecule has 3 amide bonds. The van der Waals surface area contributed by atoms with Crippen LogP contribution in [0.1, 0.15) is 54.6 Å². The number of nitrogens with zero attached hydrogens (tertiary/aromatic N) is 2. The Bertz CT molecular complexity index is 885. The number of benzene rings is 1. The van der Waals surface area contributed by atoms with Gasteiger partial charge in [0.15, 0.2) is 0 Å². The summed E-state index contributed by atoms with van der Waals surface area (Å²) in [5.41, 5.74) is 6.71. The lowest BCUT2D eigenvalue weighted by Crippen LogP contribution is -2.43. The number of rotatable bonds is 4. The molecule has 1 aliphatic rings. The number of nitrogens with two attached hydrogens (primary N) is 1. The molecule has 2 heterocycles. The van der Waals surface area contributed by atoms with Crippen LogP contribution in [-0.2, 0) is 9.59 Å². The van der Waals surface area contributed by atoms with Crippen LogP contribution in [0.5, 0.6) is 0 Å². The smallest absolute Gasteiger partial charge is 0.313 e. The Morgan fingerprint density at radius 2 is 1.93 bits per heavy atom. The molecular formula is C22H26N4O3. The number of anilines is 1. The number of hydrogen-bond donors (Lipinski definition) is 2. The van der Waals surface area contributed by atoms with Crippen molar-refractivity contribution < 1.29 is 14.4 Å². The summed E-state index contributed by atoms with van der Waals surface area (Å²) in [4.78, 5) is 42.8. The van der Waals surface area contributed by atoms with E-state index in [0.29, 0.717) is 12.5 Å². The van der Waals surface area contributed by atoms with Crippen molar-refractivity contribution in [1.82, 2.24) is 9.88 Å². The Labute approximate surface area is 170 Å². The first-order chi connectivity index (χ1) is 14.0. The van der Waals surface area contributed by atoms with E-state index in [0.717, 1.165) is 31.2 Å². The predicted octanol–water partition coefficient (Wildman–Crippen LogP) is 2.90. The van der Waals surface area contributed by atoms with E-state index >= 15 is 0 Å². The number of nitrogens with one attached hydrogen (secondary N) is 1. The molecule has 29 heavy (non-hydrogen) atoms. The maximum absolute atomic E-state index is 13.1. The topological polar surface area (TPSA) is 105 Å². The van der Waals surface area contributed by atoms with E-state index < -0.39 is 17.7 Å². The minimum atomic E-state index is -0.744. The second kappa shape index (κ2) is 9.32. The van der Waals surface area contributed by atoms with Gasteiger partial charge in [0.2, 0.25) is 5.91 Å². The molecule has 0 unspecified atom stereocenters. The fourth-order valence-corrected chi connectivity index (χ4v) is 3.79. The minimum Gasteiger partial charge on any atom is -0.366 e. The molecular weight excluding hydrogens is 368 g/mol. The average molecular weight is 394 g/mol. The highest BCUT2D eigenvalue weighted by atomic mass is 16.2. The Hall–Kier alpha value is -3.22. The monoisotopic (exact) mass is 394 g/mol. The molecule has 3 rings (SSSR count). The number of primary amides is 1. The second-order valence-electron chi connectivity index (χ2n) is 7.37. The van der Waals surface area contributed by atoms with E-state index in [1.807, 2.05) is 30.3 Å². The minimum absolute atomic E-state index is 0.138. The number of amides is 3. The molecule has 7 heteroatoms. The first-order valence-electron chi connectivity index (χ1n) is 9.91. The van der Waals surface area contributed by atoms with E-state index in [4.69, 9.17) is 5.73 Å². The highest BCUT2D eigenvalue weighted by Gasteiger charge is 2.33. The predicted molar refractivity (Wildman–Crippen MR) is 110 cm³/mol. The largest absolute Gasteiger partial charge is 0.366 e. The molecule has 0 aliphatic carbocycles. The lowest BCUT2D eigenvalue weighted by molar-refractivity contribution is -0.145. The molecule has 7 nitrogen and oxygen atoms in total. The summed E-state index contributed by atoms with van der Waals surface area (Å²) in [6, 6.07) is 11.1. The molecule has 1 aromatic heterocycles. The summed E-state index contributed by atoms with van der Waals surface area (Å²) in [6.07, 6.45) is 6.51. The van der Waals surface area contributed by atoms with Crippen molar-refractivity contribution in [3.05, 3.63) is 59.9 Å². The molecule has 0 bridgehead atoms. The molecule has 2 aromatic rings. The number of hydrogen-bond acceptors (Lipinski definition) is 4. The van der Waals surface area contributed by atoms with Gasteiger partial charge < -0.3 is 16.0 Å². The normalized spacial score (nSPS) is 19.3. The van der Waals surface area contributed by atoms with E-state index in [2.05, 4.69) is 17.2 Å². The highest BCUT2D eigenvalue weighted by molar-refractivity contribution is 6.39. The zero-order valence-electron chi connectivity index (χ0n) is 16.5.